The van der Waals surface area contributed by atoms with Gasteiger partial charge in [0.05, 0.1) is 6.61 Å². The molecule has 22 heavy (non-hydrogen) atoms. The largest absolute Gasteiger partial charge is 0.494 e. The van der Waals surface area contributed by atoms with Crippen molar-refractivity contribution in [1.82, 2.24) is 10.2 Å². The monoisotopic (exact) mass is 303 g/mol. The van der Waals surface area contributed by atoms with Gasteiger partial charge in [-0.15, -0.1) is 0 Å². The van der Waals surface area contributed by atoms with Crippen LogP contribution < -0.4 is 15.8 Å². The summed E-state index contributed by atoms with van der Waals surface area (Å²) in [6, 6.07) is 8.24. The third-order valence-electron chi connectivity index (χ3n) is 3.66. The summed E-state index contributed by atoms with van der Waals surface area (Å²) in [4.78, 5) is 2.47. The van der Waals surface area contributed by atoms with Crippen molar-refractivity contribution < 1.29 is 4.74 Å². The number of amidine groups is 2. The van der Waals surface area contributed by atoms with Gasteiger partial charge in [-0.2, -0.15) is 0 Å². The van der Waals surface area contributed by atoms with E-state index >= 15 is 0 Å². The van der Waals surface area contributed by atoms with E-state index in [1.165, 1.54) is 31.5 Å². The smallest absolute Gasteiger partial charge is 0.160 e. The zero-order valence-electron chi connectivity index (χ0n) is 12.9. The molecule has 120 valence electrons. The molecule has 2 rings (SSSR count). The molecular formula is C16H25N5O. The number of nitrogens with one attached hydrogen (secondary N) is 3. The molecule has 5 N–H and O–H groups in total. The second-order valence-electron chi connectivity index (χ2n) is 5.55. The maximum atomic E-state index is 7.37. The molecule has 0 aromatic heterocycles. The Kier molecular flexibility index (Phi) is 6.21. The normalized spacial score (nSPS) is 14.7. The minimum absolute atomic E-state index is 0.0346. The van der Waals surface area contributed by atoms with Crippen LogP contribution in [0.3, 0.4) is 0 Å². The maximum Gasteiger partial charge on any atom is 0.160 e. The Morgan fingerprint density at radius 2 is 2.05 bits per heavy atom. The van der Waals surface area contributed by atoms with Crippen molar-refractivity contribution in [3.63, 3.8) is 0 Å². The Labute approximate surface area is 131 Å². The van der Waals surface area contributed by atoms with E-state index in [-0.39, 0.29) is 11.7 Å². The summed E-state index contributed by atoms with van der Waals surface area (Å²) >= 11 is 0. The van der Waals surface area contributed by atoms with Crippen molar-refractivity contribution in [2.45, 2.75) is 25.8 Å². The molecule has 0 radical (unpaired) electrons. The number of nitrogens with zero attached hydrogens (tertiary/aromatic N) is 1. The molecule has 1 fully saturated rings. The Morgan fingerprint density at radius 3 is 2.77 bits per heavy atom. The lowest BCUT2D eigenvalue weighted by Gasteiger charge is -2.15. The highest BCUT2D eigenvalue weighted by Gasteiger charge is 2.11. The van der Waals surface area contributed by atoms with E-state index in [4.69, 9.17) is 21.3 Å². The number of rotatable bonds is 7. The molecule has 1 aliphatic heterocycles. The van der Waals surface area contributed by atoms with Gasteiger partial charge in [-0.3, -0.25) is 15.7 Å². The summed E-state index contributed by atoms with van der Waals surface area (Å²) in [6.07, 6.45) is 3.36. The first-order chi connectivity index (χ1) is 10.6. The van der Waals surface area contributed by atoms with Crippen LogP contribution in [0.25, 0.3) is 0 Å². The van der Waals surface area contributed by atoms with E-state index in [1.807, 2.05) is 12.1 Å². The van der Waals surface area contributed by atoms with Gasteiger partial charge in [0.25, 0.3) is 0 Å². The molecular weight excluding hydrogens is 278 g/mol. The zero-order chi connectivity index (χ0) is 15.8. The van der Waals surface area contributed by atoms with Gasteiger partial charge >= 0.3 is 0 Å². The second-order valence-corrected chi connectivity index (χ2v) is 5.55. The molecule has 6 heteroatoms. The van der Waals surface area contributed by atoms with Gasteiger partial charge in [-0.05, 0) is 50.0 Å². The van der Waals surface area contributed by atoms with Crippen molar-refractivity contribution in [1.29, 1.82) is 10.8 Å². The number of nitrogens with two attached hydrogens (primary N) is 1. The van der Waals surface area contributed by atoms with Gasteiger partial charge in [0.2, 0.25) is 0 Å². The molecule has 0 unspecified atom stereocenters. The molecule has 1 aromatic carbocycles. The number of hydrogen-bond acceptors (Lipinski definition) is 4. The number of hydrogen-bond donors (Lipinski definition) is 4. The second kappa shape index (κ2) is 8.38. The van der Waals surface area contributed by atoms with Crippen LogP contribution >= 0.6 is 0 Å². The molecule has 1 aliphatic rings. The average Bonchev–Trinajstić information content (AvgIpc) is 3.00. The van der Waals surface area contributed by atoms with Crippen molar-refractivity contribution in [3.8, 4) is 5.75 Å². The standard InChI is InChI=1S/C16H25N5O/c17-15(18)16(19)20-7-4-10-22-14-6-3-5-13(11-14)12-21-8-1-2-9-21/h3,5-6,11H,1-2,4,7-10,12H2,(H3,17,18)(H2,19,20). The van der Waals surface area contributed by atoms with Crippen LogP contribution in [0.5, 0.6) is 5.75 Å². The number of benzene rings is 1. The summed E-state index contributed by atoms with van der Waals surface area (Å²) in [5.41, 5.74) is 6.47. The maximum absolute atomic E-state index is 7.37. The summed E-state index contributed by atoms with van der Waals surface area (Å²) in [7, 11) is 0. The van der Waals surface area contributed by atoms with E-state index in [0.717, 1.165) is 18.7 Å². The van der Waals surface area contributed by atoms with E-state index < -0.39 is 0 Å². The van der Waals surface area contributed by atoms with Crippen molar-refractivity contribution in [2.75, 3.05) is 26.2 Å². The fraction of sp³-hybridized carbons (Fsp3) is 0.500. The highest BCUT2D eigenvalue weighted by atomic mass is 16.5. The van der Waals surface area contributed by atoms with Gasteiger partial charge < -0.3 is 15.8 Å². The molecule has 1 heterocycles. The van der Waals surface area contributed by atoms with Crippen LogP contribution in [0.2, 0.25) is 0 Å². The fourth-order valence-electron chi connectivity index (χ4n) is 2.50. The number of likely N-dealkylation sites (tertiary alicyclic amines) is 1. The predicted molar refractivity (Wildman–Crippen MR) is 88.7 cm³/mol. The Balaban J connectivity index is 1.69. The lowest BCUT2D eigenvalue weighted by molar-refractivity contribution is 0.308. The number of ether oxygens (including phenoxy) is 1. The molecule has 1 aromatic rings. The third-order valence-corrected chi connectivity index (χ3v) is 3.66. The van der Waals surface area contributed by atoms with Gasteiger partial charge in [-0.25, -0.2) is 0 Å². The van der Waals surface area contributed by atoms with Crippen molar-refractivity contribution in [3.05, 3.63) is 29.8 Å². The Morgan fingerprint density at radius 1 is 1.27 bits per heavy atom. The van der Waals surface area contributed by atoms with Crippen LogP contribution in [0, 0.1) is 10.8 Å². The lowest BCUT2D eigenvalue weighted by atomic mass is 10.2. The first-order valence-electron chi connectivity index (χ1n) is 7.76. The first-order valence-corrected chi connectivity index (χ1v) is 7.76. The van der Waals surface area contributed by atoms with Gasteiger partial charge in [0, 0.05) is 13.1 Å². The highest BCUT2D eigenvalue weighted by Crippen LogP contribution is 2.17. The quantitative estimate of drug-likeness (QED) is 0.349. The van der Waals surface area contributed by atoms with E-state index in [0.29, 0.717) is 13.2 Å². The predicted octanol–water partition coefficient (Wildman–Crippen LogP) is 1.55. The molecule has 1 saturated heterocycles. The highest BCUT2D eigenvalue weighted by molar-refractivity contribution is 6.37. The van der Waals surface area contributed by atoms with Crippen molar-refractivity contribution in [2.24, 2.45) is 5.73 Å². The summed E-state index contributed by atoms with van der Waals surface area (Å²) < 4.78 is 5.74. The average molecular weight is 303 g/mol. The minimum atomic E-state index is -0.240. The third kappa shape index (κ3) is 5.37. The topological polar surface area (TPSA) is 98.2 Å². The van der Waals surface area contributed by atoms with Crippen LogP contribution in [0.4, 0.5) is 0 Å². The molecule has 0 spiro atoms. The van der Waals surface area contributed by atoms with E-state index in [2.05, 4.69) is 22.3 Å². The zero-order valence-corrected chi connectivity index (χ0v) is 12.9. The summed E-state index contributed by atoms with van der Waals surface area (Å²) in [5.74, 6) is 0.612. The van der Waals surface area contributed by atoms with Gasteiger partial charge in [0.1, 0.15) is 5.75 Å². The van der Waals surface area contributed by atoms with Crippen molar-refractivity contribution >= 4 is 11.7 Å². The Hall–Kier alpha value is -2.08. The molecule has 0 atom stereocenters. The van der Waals surface area contributed by atoms with Crippen LogP contribution in [-0.4, -0.2) is 42.8 Å². The van der Waals surface area contributed by atoms with Crippen LogP contribution in [0.1, 0.15) is 24.8 Å². The van der Waals surface area contributed by atoms with Gasteiger partial charge in [0.15, 0.2) is 11.7 Å². The van der Waals surface area contributed by atoms with E-state index in [1.54, 1.807) is 0 Å². The lowest BCUT2D eigenvalue weighted by Crippen LogP contribution is -2.35. The first kappa shape index (κ1) is 16.3. The fourth-order valence-corrected chi connectivity index (χ4v) is 2.50. The SMILES string of the molecule is N=C(N)C(=N)NCCCOc1cccc(CN2CCCC2)c1. The summed E-state index contributed by atoms with van der Waals surface area (Å²) in [6.45, 7) is 4.53. The minimum Gasteiger partial charge on any atom is -0.494 e. The molecule has 0 bridgehead atoms. The van der Waals surface area contributed by atoms with Gasteiger partial charge in [-0.1, -0.05) is 12.1 Å². The molecule has 0 aliphatic carbocycles. The molecule has 6 nitrogen and oxygen atoms in total. The van der Waals surface area contributed by atoms with E-state index in [9.17, 15) is 0 Å². The van der Waals surface area contributed by atoms with Crippen LogP contribution in [-0.2, 0) is 6.54 Å². The Bertz CT molecular complexity index is 511. The summed E-state index contributed by atoms with van der Waals surface area (Å²) in [5, 5.41) is 17.2. The molecule has 0 amide bonds. The molecule has 0 saturated carbocycles. The van der Waals surface area contributed by atoms with Crippen LogP contribution in [0.15, 0.2) is 24.3 Å².